The highest BCUT2D eigenvalue weighted by Gasteiger charge is 2.22. The fourth-order valence-electron chi connectivity index (χ4n) is 2.45. The Labute approximate surface area is 105 Å². The van der Waals surface area contributed by atoms with Crippen LogP contribution in [0.1, 0.15) is 36.1 Å². The third kappa shape index (κ3) is 1.97. The lowest BCUT2D eigenvalue weighted by Crippen LogP contribution is -2.23. The van der Waals surface area contributed by atoms with E-state index in [9.17, 15) is 5.11 Å². The zero-order valence-electron chi connectivity index (χ0n) is 10.1. The van der Waals surface area contributed by atoms with Crippen molar-refractivity contribution in [2.24, 2.45) is 5.73 Å². The Morgan fingerprint density at radius 3 is 3.11 bits per heavy atom. The van der Waals surface area contributed by atoms with E-state index in [2.05, 4.69) is 14.8 Å². The van der Waals surface area contributed by atoms with E-state index >= 15 is 0 Å². The van der Waals surface area contributed by atoms with Crippen molar-refractivity contribution in [2.75, 3.05) is 0 Å². The molecule has 2 aromatic rings. The summed E-state index contributed by atoms with van der Waals surface area (Å²) in [7, 11) is 0. The minimum atomic E-state index is 0.00387. The molecule has 0 bridgehead atoms. The molecule has 1 aromatic carbocycles. The van der Waals surface area contributed by atoms with Crippen LogP contribution in [0.25, 0.3) is 0 Å². The summed E-state index contributed by atoms with van der Waals surface area (Å²) < 4.78 is 2.11. The SMILES string of the molecule is NC1CCCn2c(Cc3cccc(O)c3)nnc21. The number of nitrogens with zero attached hydrogens (tertiary/aromatic N) is 3. The molecule has 5 heteroatoms. The summed E-state index contributed by atoms with van der Waals surface area (Å²) >= 11 is 0. The molecule has 0 fully saturated rings. The number of hydrogen-bond acceptors (Lipinski definition) is 4. The van der Waals surface area contributed by atoms with Crippen molar-refractivity contribution < 1.29 is 5.11 Å². The number of benzene rings is 1. The predicted octanol–water partition coefficient (Wildman–Crippen LogP) is 1.37. The Hall–Kier alpha value is -1.88. The van der Waals surface area contributed by atoms with Gasteiger partial charge in [0.15, 0.2) is 0 Å². The highest BCUT2D eigenvalue weighted by Crippen LogP contribution is 2.23. The Balaban J connectivity index is 1.90. The van der Waals surface area contributed by atoms with Crippen molar-refractivity contribution in [1.29, 1.82) is 0 Å². The molecule has 3 N–H and O–H groups in total. The van der Waals surface area contributed by atoms with Gasteiger partial charge in [-0.2, -0.15) is 0 Å². The molecule has 1 atom stereocenters. The summed E-state index contributed by atoms with van der Waals surface area (Å²) in [5, 5.41) is 17.9. The second kappa shape index (κ2) is 4.42. The maximum Gasteiger partial charge on any atom is 0.149 e. The van der Waals surface area contributed by atoms with Crippen LogP contribution < -0.4 is 5.73 Å². The van der Waals surface area contributed by atoms with Gasteiger partial charge in [0.1, 0.15) is 17.4 Å². The number of rotatable bonds is 2. The van der Waals surface area contributed by atoms with Gasteiger partial charge in [0.25, 0.3) is 0 Å². The zero-order chi connectivity index (χ0) is 12.5. The molecule has 1 aliphatic heterocycles. The molecule has 1 aliphatic rings. The summed E-state index contributed by atoms with van der Waals surface area (Å²) in [4.78, 5) is 0. The Morgan fingerprint density at radius 1 is 1.39 bits per heavy atom. The normalized spacial score (nSPS) is 18.6. The van der Waals surface area contributed by atoms with Gasteiger partial charge in [0.2, 0.25) is 0 Å². The number of hydrogen-bond donors (Lipinski definition) is 2. The Kier molecular flexibility index (Phi) is 2.76. The second-order valence-corrected chi connectivity index (χ2v) is 4.72. The minimum Gasteiger partial charge on any atom is -0.508 e. The van der Waals surface area contributed by atoms with Crippen LogP contribution in [0.5, 0.6) is 5.75 Å². The molecule has 1 aromatic heterocycles. The standard InChI is InChI=1S/C13H16N4O/c14-11-5-2-6-17-12(15-16-13(11)17)8-9-3-1-4-10(18)7-9/h1,3-4,7,11,18H,2,5-6,8,14H2. The van der Waals surface area contributed by atoms with Gasteiger partial charge < -0.3 is 15.4 Å². The lowest BCUT2D eigenvalue weighted by atomic mass is 10.1. The molecule has 0 radical (unpaired) electrons. The number of nitrogens with two attached hydrogens (primary N) is 1. The van der Waals surface area contributed by atoms with Crippen molar-refractivity contribution in [3.05, 3.63) is 41.5 Å². The molecular formula is C13H16N4O. The largest absolute Gasteiger partial charge is 0.508 e. The monoisotopic (exact) mass is 244 g/mol. The Bertz CT molecular complexity index is 564. The van der Waals surface area contributed by atoms with Crippen LogP contribution in [0.15, 0.2) is 24.3 Å². The molecule has 0 amide bonds. The number of aromatic nitrogens is 3. The fraction of sp³-hybridized carbons (Fsp3) is 0.385. The molecule has 94 valence electrons. The van der Waals surface area contributed by atoms with Gasteiger partial charge in [-0.05, 0) is 30.5 Å². The second-order valence-electron chi connectivity index (χ2n) is 4.72. The van der Waals surface area contributed by atoms with Crippen molar-refractivity contribution in [2.45, 2.75) is 31.8 Å². The first kappa shape index (κ1) is 11.2. The highest BCUT2D eigenvalue weighted by molar-refractivity contribution is 5.29. The van der Waals surface area contributed by atoms with Crippen LogP contribution in [0, 0.1) is 0 Å². The van der Waals surface area contributed by atoms with Crippen LogP contribution in [-0.4, -0.2) is 19.9 Å². The van der Waals surface area contributed by atoms with Crippen molar-refractivity contribution in [1.82, 2.24) is 14.8 Å². The van der Waals surface area contributed by atoms with Crippen molar-refractivity contribution in [3.8, 4) is 5.75 Å². The van der Waals surface area contributed by atoms with Gasteiger partial charge in [-0.15, -0.1) is 10.2 Å². The maximum absolute atomic E-state index is 9.46. The van der Waals surface area contributed by atoms with Gasteiger partial charge in [0.05, 0.1) is 6.04 Å². The van der Waals surface area contributed by atoms with E-state index in [1.165, 1.54) is 0 Å². The van der Waals surface area contributed by atoms with E-state index in [0.29, 0.717) is 6.42 Å². The van der Waals surface area contributed by atoms with Crippen LogP contribution in [-0.2, 0) is 13.0 Å². The lowest BCUT2D eigenvalue weighted by molar-refractivity contribution is 0.444. The van der Waals surface area contributed by atoms with E-state index in [0.717, 1.165) is 36.6 Å². The molecule has 0 spiro atoms. The summed E-state index contributed by atoms with van der Waals surface area (Å²) in [5.74, 6) is 2.09. The quantitative estimate of drug-likeness (QED) is 0.836. The van der Waals surface area contributed by atoms with Gasteiger partial charge in [-0.1, -0.05) is 12.1 Å². The number of phenolic OH excluding ortho intramolecular Hbond substituents is 1. The third-order valence-electron chi connectivity index (χ3n) is 3.36. The predicted molar refractivity (Wildman–Crippen MR) is 67.1 cm³/mol. The molecule has 1 unspecified atom stereocenters. The first-order chi connectivity index (χ1) is 8.74. The minimum absolute atomic E-state index is 0.00387. The first-order valence-corrected chi connectivity index (χ1v) is 6.19. The highest BCUT2D eigenvalue weighted by atomic mass is 16.3. The summed E-state index contributed by atoms with van der Waals surface area (Å²) in [5.41, 5.74) is 7.05. The molecule has 5 nitrogen and oxygen atoms in total. The van der Waals surface area contributed by atoms with E-state index in [1.54, 1.807) is 12.1 Å². The van der Waals surface area contributed by atoms with Crippen LogP contribution >= 0.6 is 0 Å². The third-order valence-corrected chi connectivity index (χ3v) is 3.36. The molecule has 0 saturated heterocycles. The number of fused-ring (bicyclic) bond motifs is 1. The molecular weight excluding hydrogens is 228 g/mol. The summed E-state index contributed by atoms with van der Waals surface area (Å²) in [6.07, 6.45) is 2.72. The number of aromatic hydroxyl groups is 1. The molecule has 0 aliphatic carbocycles. The molecule has 0 saturated carbocycles. The first-order valence-electron chi connectivity index (χ1n) is 6.19. The van der Waals surface area contributed by atoms with E-state index in [1.807, 2.05) is 12.1 Å². The van der Waals surface area contributed by atoms with Gasteiger partial charge in [-0.25, -0.2) is 0 Å². The molecule has 18 heavy (non-hydrogen) atoms. The van der Waals surface area contributed by atoms with E-state index in [-0.39, 0.29) is 11.8 Å². The summed E-state index contributed by atoms with van der Waals surface area (Å²) in [6, 6.07) is 7.24. The fourth-order valence-corrected chi connectivity index (χ4v) is 2.45. The van der Waals surface area contributed by atoms with Gasteiger partial charge in [-0.3, -0.25) is 0 Å². The van der Waals surface area contributed by atoms with Crippen molar-refractivity contribution in [3.63, 3.8) is 0 Å². The number of phenols is 1. The van der Waals surface area contributed by atoms with Crippen LogP contribution in [0.2, 0.25) is 0 Å². The van der Waals surface area contributed by atoms with Crippen LogP contribution in [0.4, 0.5) is 0 Å². The smallest absolute Gasteiger partial charge is 0.149 e. The van der Waals surface area contributed by atoms with Crippen LogP contribution in [0.3, 0.4) is 0 Å². The maximum atomic E-state index is 9.46. The van der Waals surface area contributed by atoms with E-state index in [4.69, 9.17) is 5.73 Å². The lowest BCUT2D eigenvalue weighted by Gasteiger charge is -2.20. The average molecular weight is 244 g/mol. The Morgan fingerprint density at radius 2 is 2.28 bits per heavy atom. The topological polar surface area (TPSA) is 77.0 Å². The van der Waals surface area contributed by atoms with E-state index < -0.39 is 0 Å². The molecule has 2 heterocycles. The zero-order valence-corrected chi connectivity index (χ0v) is 10.1. The summed E-state index contributed by atoms with van der Waals surface area (Å²) in [6.45, 7) is 0.935. The van der Waals surface area contributed by atoms with Crippen molar-refractivity contribution >= 4 is 0 Å². The average Bonchev–Trinajstić information content (AvgIpc) is 2.74. The van der Waals surface area contributed by atoms with Gasteiger partial charge >= 0.3 is 0 Å². The molecule has 3 rings (SSSR count). The van der Waals surface area contributed by atoms with Gasteiger partial charge in [0, 0.05) is 13.0 Å².